The zero-order valence-electron chi connectivity index (χ0n) is 23.2. The number of carbonyl (C=O) groups is 1. The van der Waals surface area contributed by atoms with Crippen molar-refractivity contribution in [1.29, 1.82) is 0 Å². The molecule has 2 unspecified atom stereocenters. The van der Waals surface area contributed by atoms with Crippen molar-refractivity contribution < 1.29 is 24.5 Å². The van der Waals surface area contributed by atoms with Gasteiger partial charge in [-0.3, -0.25) is 4.79 Å². The summed E-state index contributed by atoms with van der Waals surface area (Å²) in [4.78, 5) is 18.2. The second-order valence-electron chi connectivity index (χ2n) is 9.48. The number of benzene rings is 5. The number of carbonyl (C=O) groups excluding carboxylic acids is 1. The van der Waals surface area contributed by atoms with E-state index in [4.69, 9.17) is 9.47 Å². The van der Waals surface area contributed by atoms with Crippen LogP contribution in [0.3, 0.4) is 0 Å². The highest BCUT2D eigenvalue weighted by molar-refractivity contribution is 7.99. The van der Waals surface area contributed by atoms with Crippen molar-refractivity contribution in [2.45, 2.75) is 50.9 Å². The van der Waals surface area contributed by atoms with E-state index in [1.807, 2.05) is 103 Å². The molecule has 0 spiro atoms. The predicted octanol–water partition coefficient (Wildman–Crippen LogP) is 7.60. The molecular weight excluding hydrogens is 565 g/mol. The van der Waals surface area contributed by atoms with E-state index in [0.29, 0.717) is 22.6 Å². The molecule has 5 aromatic carbocycles. The summed E-state index contributed by atoms with van der Waals surface area (Å²) >= 11 is 1.64. The minimum Gasteiger partial charge on any atom is -0.465 e. The summed E-state index contributed by atoms with van der Waals surface area (Å²) < 4.78 is 10.9. The fourth-order valence-electron chi connectivity index (χ4n) is 4.32. The molecule has 2 N–H and O–H groups in total. The highest BCUT2D eigenvalue weighted by atomic mass is 32.2. The molecular formula is C35H31O5S2+. The number of ether oxygens (including phenoxy) is 2. The first-order valence-electron chi connectivity index (χ1n) is 13.5. The molecule has 0 amide bonds. The smallest absolute Gasteiger partial charge is 0.194 e. The summed E-state index contributed by atoms with van der Waals surface area (Å²) in [5.41, 5.74) is 1.35. The van der Waals surface area contributed by atoms with Gasteiger partial charge in [-0.25, -0.2) is 0 Å². The van der Waals surface area contributed by atoms with E-state index >= 15 is 0 Å². The molecule has 0 fully saturated rings. The molecule has 0 aliphatic rings. The fourth-order valence-corrected chi connectivity index (χ4v) is 7.18. The van der Waals surface area contributed by atoms with Crippen LogP contribution in [0.25, 0.3) is 0 Å². The van der Waals surface area contributed by atoms with Crippen molar-refractivity contribution in [1.82, 2.24) is 0 Å². The number of aliphatic hydroxyl groups excluding tert-OH is 2. The lowest BCUT2D eigenvalue weighted by Crippen LogP contribution is -2.10. The van der Waals surface area contributed by atoms with Crippen LogP contribution in [-0.2, 0) is 10.9 Å². The number of rotatable bonds is 11. The third kappa shape index (κ3) is 7.63. The number of hydrogen-bond acceptors (Lipinski definition) is 6. The third-order valence-corrected chi connectivity index (χ3v) is 9.43. The Balaban J connectivity index is 1.36. The lowest BCUT2D eigenvalue weighted by atomic mass is 10.0. The maximum atomic E-state index is 12.7. The number of ketones is 1. The quantitative estimate of drug-likeness (QED) is 0.0931. The molecule has 7 heteroatoms. The van der Waals surface area contributed by atoms with Crippen LogP contribution in [0.2, 0.25) is 0 Å². The average Bonchev–Trinajstić information content (AvgIpc) is 3.00. The van der Waals surface area contributed by atoms with Crippen molar-refractivity contribution in [3.8, 4) is 11.5 Å². The Kier molecular flexibility index (Phi) is 9.66. The molecule has 0 saturated heterocycles. The molecule has 0 saturated carbocycles. The Labute approximate surface area is 253 Å². The van der Waals surface area contributed by atoms with Crippen LogP contribution in [0.1, 0.15) is 29.8 Å². The fraction of sp³-hybridized carbons (Fsp3) is 0.114. The normalized spacial score (nSPS) is 13.1. The predicted molar refractivity (Wildman–Crippen MR) is 167 cm³/mol. The summed E-state index contributed by atoms with van der Waals surface area (Å²) in [5.74, 6) is 1.21. The van der Waals surface area contributed by atoms with E-state index in [0.717, 1.165) is 24.5 Å². The van der Waals surface area contributed by atoms with Gasteiger partial charge in [-0.1, -0.05) is 42.1 Å². The SMILES string of the molecule is CC(O)Oc1ccc([S+](c2ccc(OC(C)O)cc2)c2ccc(Sc3ccc(C(=O)c4ccccc4)cc3)cc2)cc1. The molecule has 42 heavy (non-hydrogen) atoms. The summed E-state index contributed by atoms with van der Waals surface area (Å²) in [7, 11) is -0.421. The van der Waals surface area contributed by atoms with Crippen molar-refractivity contribution in [2.24, 2.45) is 0 Å². The van der Waals surface area contributed by atoms with Gasteiger partial charge in [-0.05, 0) is 111 Å². The van der Waals surface area contributed by atoms with Crippen LogP contribution < -0.4 is 9.47 Å². The Hall–Kier alpha value is -4.01. The van der Waals surface area contributed by atoms with E-state index in [1.54, 1.807) is 25.6 Å². The van der Waals surface area contributed by atoms with Crippen LogP contribution in [0.4, 0.5) is 0 Å². The van der Waals surface area contributed by atoms with Gasteiger partial charge < -0.3 is 19.7 Å². The maximum Gasteiger partial charge on any atom is 0.194 e. The van der Waals surface area contributed by atoms with Crippen LogP contribution in [0, 0.1) is 0 Å². The Bertz CT molecular complexity index is 1530. The standard InChI is InChI=1S/C35H31O5S2/c1-24(36)39-28-10-18-32(19-11-28)42(33-20-12-29(13-21-33)40-25(2)37)34-22-16-31(17-23-34)41-30-14-8-27(9-15-30)35(38)26-6-4-3-5-7-26/h3-25,36-37H,1-2H3/q+1. The Morgan fingerprint density at radius 1 is 0.571 bits per heavy atom. The van der Waals surface area contributed by atoms with Gasteiger partial charge >= 0.3 is 0 Å². The molecule has 0 aliphatic heterocycles. The third-order valence-electron chi connectivity index (χ3n) is 6.18. The first kappa shape index (κ1) is 29.5. The van der Waals surface area contributed by atoms with Crippen molar-refractivity contribution in [2.75, 3.05) is 0 Å². The Morgan fingerprint density at radius 2 is 0.952 bits per heavy atom. The molecule has 5 aromatic rings. The monoisotopic (exact) mass is 595 g/mol. The van der Waals surface area contributed by atoms with Gasteiger partial charge in [0.25, 0.3) is 0 Å². The zero-order valence-corrected chi connectivity index (χ0v) is 24.8. The van der Waals surface area contributed by atoms with Gasteiger partial charge in [0.15, 0.2) is 33.0 Å². The highest BCUT2D eigenvalue weighted by Gasteiger charge is 2.29. The second kappa shape index (κ2) is 13.8. The molecule has 0 radical (unpaired) electrons. The minimum atomic E-state index is -0.888. The van der Waals surface area contributed by atoms with Crippen LogP contribution in [0.5, 0.6) is 11.5 Å². The highest BCUT2D eigenvalue weighted by Crippen LogP contribution is 2.35. The van der Waals surface area contributed by atoms with Crippen molar-refractivity contribution in [3.05, 3.63) is 139 Å². The van der Waals surface area contributed by atoms with Crippen LogP contribution in [-0.4, -0.2) is 28.6 Å². The molecule has 0 aromatic heterocycles. The second-order valence-corrected chi connectivity index (χ2v) is 12.6. The Morgan fingerprint density at radius 3 is 1.38 bits per heavy atom. The molecule has 2 atom stereocenters. The van der Waals surface area contributed by atoms with Gasteiger partial charge in [0, 0.05) is 20.9 Å². The van der Waals surface area contributed by atoms with Crippen molar-refractivity contribution >= 4 is 28.4 Å². The first-order valence-corrected chi connectivity index (χ1v) is 15.5. The topological polar surface area (TPSA) is 76.0 Å². The van der Waals surface area contributed by atoms with Crippen LogP contribution >= 0.6 is 11.8 Å². The van der Waals surface area contributed by atoms with Gasteiger partial charge in [0.05, 0.1) is 10.9 Å². The van der Waals surface area contributed by atoms with E-state index in [-0.39, 0.29) is 5.78 Å². The van der Waals surface area contributed by atoms with Gasteiger partial charge in [-0.15, -0.1) is 0 Å². The average molecular weight is 596 g/mol. The molecule has 5 nitrogen and oxygen atoms in total. The molecule has 0 aliphatic carbocycles. The number of aliphatic hydroxyl groups is 2. The zero-order chi connectivity index (χ0) is 29.5. The minimum absolute atomic E-state index is 0.0134. The van der Waals surface area contributed by atoms with Gasteiger partial charge in [0.1, 0.15) is 11.5 Å². The molecule has 0 bridgehead atoms. The van der Waals surface area contributed by atoms with Gasteiger partial charge in [-0.2, -0.15) is 0 Å². The van der Waals surface area contributed by atoms with E-state index in [9.17, 15) is 15.0 Å². The molecule has 212 valence electrons. The largest absolute Gasteiger partial charge is 0.465 e. The number of hydrogen-bond donors (Lipinski definition) is 2. The van der Waals surface area contributed by atoms with Crippen molar-refractivity contribution in [3.63, 3.8) is 0 Å². The lowest BCUT2D eigenvalue weighted by molar-refractivity contribution is -0.000906. The molecule has 5 rings (SSSR count). The molecule has 0 heterocycles. The summed E-state index contributed by atoms with van der Waals surface area (Å²) in [6.45, 7) is 3.15. The van der Waals surface area contributed by atoms with Gasteiger partial charge in [0.2, 0.25) is 0 Å². The van der Waals surface area contributed by atoms with E-state index in [2.05, 4.69) is 24.3 Å². The summed E-state index contributed by atoms with van der Waals surface area (Å²) in [6, 6.07) is 41.0. The maximum absolute atomic E-state index is 12.7. The summed E-state index contributed by atoms with van der Waals surface area (Å²) in [5, 5.41) is 19.2. The van der Waals surface area contributed by atoms with Crippen LogP contribution in [0.15, 0.2) is 152 Å². The lowest BCUT2D eigenvalue weighted by Gasteiger charge is -2.12. The first-order chi connectivity index (χ1) is 20.4. The van der Waals surface area contributed by atoms with E-state index in [1.165, 1.54) is 0 Å². The summed E-state index contributed by atoms with van der Waals surface area (Å²) in [6.07, 6.45) is -1.78. The van der Waals surface area contributed by atoms with E-state index < -0.39 is 23.5 Å².